The van der Waals surface area contributed by atoms with Crippen LogP contribution in [0.25, 0.3) is 16.3 Å². The van der Waals surface area contributed by atoms with Crippen LogP contribution in [-0.4, -0.2) is 51.1 Å². The zero-order valence-electron chi connectivity index (χ0n) is 21.1. The number of rotatable bonds is 1. The Kier molecular flexibility index (Phi) is 6.58. The van der Waals surface area contributed by atoms with Crippen LogP contribution in [0.3, 0.4) is 0 Å². The maximum Gasteiger partial charge on any atom is 0.0918 e. The van der Waals surface area contributed by atoms with Gasteiger partial charge >= 0.3 is 0 Å². The molecule has 0 radical (unpaired) electrons. The first-order valence-corrected chi connectivity index (χ1v) is 13.4. The van der Waals surface area contributed by atoms with Crippen molar-refractivity contribution in [3.05, 3.63) is 53.9 Å². The molecule has 4 aliphatic rings. The molecule has 1 heterocycles. The first-order valence-electron chi connectivity index (χ1n) is 13.0. The van der Waals surface area contributed by atoms with Gasteiger partial charge in [0.1, 0.15) is 0 Å². The Hall–Kier alpha value is -1.79. The molecular weight excluding hydrogens is 458 g/mol. The van der Waals surface area contributed by atoms with E-state index >= 15 is 0 Å². The highest BCUT2D eigenvalue weighted by Crippen LogP contribution is 2.65. The predicted octanol–water partition coefficient (Wildman–Crippen LogP) is 5.26. The molecule has 6 atom stereocenters. The summed E-state index contributed by atoms with van der Waals surface area (Å²) in [5.41, 5.74) is 2.76. The number of allylic oxidation sites excluding steroid dienone is 2. The summed E-state index contributed by atoms with van der Waals surface area (Å²) in [4.78, 5) is -0.749. The van der Waals surface area contributed by atoms with Gasteiger partial charge in [-0.1, -0.05) is 36.8 Å². The van der Waals surface area contributed by atoms with E-state index in [0.717, 1.165) is 55.7 Å². The molecular formula is C29H38ClN3O2. The number of nitrogens with zero attached hydrogens (tertiary/aromatic N) is 2. The third-order valence-corrected chi connectivity index (χ3v) is 9.86. The number of aliphatic hydroxyl groups excluding tert-OH is 1. The number of hydrogen-bond acceptors (Lipinski definition) is 5. The second-order valence-electron chi connectivity index (χ2n) is 11.3. The summed E-state index contributed by atoms with van der Waals surface area (Å²) in [6.07, 6.45) is 14.7. The molecule has 0 spiro atoms. The van der Waals surface area contributed by atoms with Crippen molar-refractivity contribution < 1.29 is 10.2 Å². The first kappa shape index (κ1) is 24.9. The standard InChI is InChI=1S/C27H31ClN2O2.C2H7N/c1-25-10-11-26(28)14-20-13-22(31)5-4-17(20)8-9-27(26,32)24(25)7-6-23(25)18-2-3-19-15-29-30-16-21(19)12-18;1-3-2/h2-3,6,12,14-17,22,24,31-32H,4-5,7-11,13H2,1H3;3H,1-2H3/t17?,22?,24?,25?,26?,27-;/m0./s1. The second kappa shape index (κ2) is 9.26. The first-order chi connectivity index (χ1) is 16.7. The van der Waals surface area contributed by atoms with E-state index in [1.165, 1.54) is 16.7 Å². The molecule has 0 bridgehead atoms. The van der Waals surface area contributed by atoms with Crippen LogP contribution in [0.2, 0.25) is 0 Å². The fourth-order valence-corrected chi connectivity index (χ4v) is 7.86. The Morgan fingerprint density at radius 1 is 1.03 bits per heavy atom. The molecule has 1 aromatic heterocycles. The lowest BCUT2D eigenvalue weighted by Gasteiger charge is -2.56. The largest absolute Gasteiger partial charge is 0.393 e. The summed E-state index contributed by atoms with van der Waals surface area (Å²) in [5.74, 6) is 0.537. The highest BCUT2D eigenvalue weighted by atomic mass is 35.5. The average Bonchev–Trinajstić information content (AvgIpc) is 3.14. The third kappa shape index (κ3) is 4.05. The van der Waals surface area contributed by atoms with Crippen molar-refractivity contribution >= 4 is 27.9 Å². The van der Waals surface area contributed by atoms with Gasteiger partial charge in [-0.3, -0.25) is 0 Å². The Morgan fingerprint density at radius 3 is 2.54 bits per heavy atom. The van der Waals surface area contributed by atoms with Crippen LogP contribution >= 0.6 is 11.6 Å². The Labute approximate surface area is 213 Å². The Bertz CT molecular complexity index is 1170. The van der Waals surface area contributed by atoms with Crippen LogP contribution in [0.15, 0.2) is 48.3 Å². The van der Waals surface area contributed by atoms with Crippen LogP contribution in [0.1, 0.15) is 63.9 Å². The van der Waals surface area contributed by atoms with Gasteiger partial charge in [-0.15, -0.1) is 11.6 Å². The smallest absolute Gasteiger partial charge is 0.0918 e. The molecule has 5 unspecified atom stereocenters. The van der Waals surface area contributed by atoms with Crippen molar-refractivity contribution in [1.29, 1.82) is 0 Å². The zero-order valence-corrected chi connectivity index (χ0v) is 21.9. The van der Waals surface area contributed by atoms with Gasteiger partial charge in [-0.25, -0.2) is 0 Å². The van der Waals surface area contributed by atoms with Gasteiger partial charge < -0.3 is 15.5 Å². The summed E-state index contributed by atoms with van der Waals surface area (Å²) in [5, 5.41) is 35.5. The Morgan fingerprint density at radius 2 is 1.77 bits per heavy atom. The summed E-state index contributed by atoms with van der Waals surface area (Å²) >= 11 is 7.34. The summed E-state index contributed by atoms with van der Waals surface area (Å²) < 4.78 is 0. The minimum Gasteiger partial charge on any atom is -0.393 e. The van der Waals surface area contributed by atoms with Crippen molar-refractivity contribution in [1.82, 2.24) is 15.5 Å². The lowest BCUT2D eigenvalue weighted by molar-refractivity contribution is -0.106. The van der Waals surface area contributed by atoms with Crippen molar-refractivity contribution in [3.8, 4) is 0 Å². The van der Waals surface area contributed by atoms with Crippen LogP contribution < -0.4 is 5.32 Å². The summed E-state index contributed by atoms with van der Waals surface area (Å²) in [6, 6.07) is 6.51. The molecule has 2 aromatic rings. The molecule has 6 rings (SSSR count). The maximum absolute atomic E-state index is 12.3. The molecule has 2 saturated carbocycles. The quantitative estimate of drug-likeness (QED) is 0.371. The molecule has 1 aromatic carbocycles. The van der Waals surface area contributed by atoms with Crippen molar-refractivity contribution in [2.24, 2.45) is 17.3 Å². The number of aromatic nitrogens is 2. The SMILES string of the molecule is CC12CCC3(Cl)C=C4CC(O)CCC4CC[C@]3(O)C1CC=C2c1ccc2cnncc2c1.CNC. The molecule has 0 aliphatic heterocycles. The van der Waals surface area contributed by atoms with Crippen LogP contribution in [0, 0.1) is 17.3 Å². The molecule has 0 amide bonds. The number of aliphatic hydroxyl groups is 2. The molecule has 35 heavy (non-hydrogen) atoms. The van der Waals surface area contributed by atoms with Gasteiger partial charge in [0, 0.05) is 16.7 Å². The van der Waals surface area contributed by atoms with E-state index in [-0.39, 0.29) is 17.4 Å². The van der Waals surface area contributed by atoms with E-state index in [1.54, 1.807) is 6.20 Å². The molecule has 4 aliphatic carbocycles. The van der Waals surface area contributed by atoms with Crippen molar-refractivity contribution in [2.45, 2.75) is 74.9 Å². The molecule has 0 saturated heterocycles. The minimum atomic E-state index is -0.947. The predicted molar refractivity (Wildman–Crippen MR) is 142 cm³/mol. The van der Waals surface area contributed by atoms with E-state index in [4.69, 9.17) is 11.6 Å². The molecule has 5 nitrogen and oxygen atoms in total. The van der Waals surface area contributed by atoms with E-state index in [2.05, 4.69) is 52.8 Å². The fourth-order valence-electron chi connectivity index (χ4n) is 7.40. The van der Waals surface area contributed by atoms with Crippen molar-refractivity contribution in [3.63, 3.8) is 0 Å². The molecule has 6 heteroatoms. The maximum atomic E-state index is 12.3. The van der Waals surface area contributed by atoms with Gasteiger partial charge in [-0.05, 0) is 94.0 Å². The molecule has 188 valence electrons. The van der Waals surface area contributed by atoms with Gasteiger partial charge in [0.2, 0.25) is 0 Å². The zero-order chi connectivity index (χ0) is 24.8. The Balaban J connectivity index is 0.000000806. The fraction of sp³-hybridized carbons (Fsp3) is 0.586. The summed E-state index contributed by atoms with van der Waals surface area (Å²) in [7, 11) is 3.75. The van der Waals surface area contributed by atoms with Gasteiger partial charge in [0.15, 0.2) is 0 Å². The van der Waals surface area contributed by atoms with E-state index in [9.17, 15) is 10.2 Å². The minimum absolute atomic E-state index is 0.0874. The lowest BCUT2D eigenvalue weighted by Crippen LogP contribution is -2.61. The van der Waals surface area contributed by atoms with Crippen molar-refractivity contribution in [2.75, 3.05) is 14.1 Å². The number of alkyl halides is 1. The summed E-state index contributed by atoms with van der Waals surface area (Å²) in [6.45, 7) is 2.33. The third-order valence-electron chi connectivity index (χ3n) is 9.24. The monoisotopic (exact) mass is 495 g/mol. The van der Waals surface area contributed by atoms with E-state index in [0.29, 0.717) is 12.3 Å². The van der Waals surface area contributed by atoms with Gasteiger partial charge in [0.25, 0.3) is 0 Å². The topological polar surface area (TPSA) is 78.3 Å². The van der Waals surface area contributed by atoms with Gasteiger partial charge in [-0.2, -0.15) is 10.2 Å². The second-order valence-corrected chi connectivity index (χ2v) is 12.0. The number of hydrogen-bond donors (Lipinski definition) is 3. The number of benzene rings is 1. The average molecular weight is 496 g/mol. The number of halogens is 1. The lowest BCUT2D eigenvalue weighted by atomic mass is 9.54. The van der Waals surface area contributed by atoms with E-state index in [1.807, 2.05) is 20.3 Å². The highest BCUT2D eigenvalue weighted by molar-refractivity contribution is 6.26. The van der Waals surface area contributed by atoms with Crippen LogP contribution in [0.4, 0.5) is 0 Å². The normalized spacial score (nSPS) is 38.2. The molecule has 3 N–H and O–H groups in total. The van der Waals surface area contributed by atoms with Crippen LogP contribution in [-0.2, 0) is 0 Å². The molecule has 2 fully saturated rings. The number of nitrogens with one attached hydrogen (secondary N) is 1. The van der Waals surface area contributed by atoms with E-state index < -0.39 is 10.5 Å². The van der Waals surface area contributed by atoms with Crippen LogP contribution in [0.5, 0.6) is 0 Å². The number of fused-ring (bicyclic) bond motifs is 5. The van der Waals surface area contributed by atoms with Gasteiger partial charge in [0.05, 0.1) is 29.0 Å². The highest BCUT2D eigenvalue weighted by Gasteiger charge is 2.64.